The van der Waals surface area contributed by atoms with Crippen molar-refractivity contribution >= 4 is 11.8 Å². The number of aryl methyl sites for hydroxylation is 1. The van der Waals surface area contributed by atoms with Crippen molar-refractivity contribution in [3.05, 3.63) is 35.4 Å². The van der Waals surface area contributed by atoms with Crippen molar-refractivity contribution in [2.45, 2.75) is 40.0 Å². The lowest BCUT2D eigenvalue weighted by atomic mass is 9.95. The first kappa shape index (κ1) is 17.5. The van der Waals surface area contributed by atoms with E-state index in [-0.39, 0.29) is 17.7 Å². The van der Waals surface area contributed by atoms with Crippen molar-refractivity contribution in [3.63, 3.8) is 0 Å². The van der Waals surface area contributed by atoms with Crippen molar-refractivity contribution in [2.75, 3.05) is 19.6 Å². The predicted octanol–water partition coefficient (Wildman–Crippen LogP) is 2.55. The van der Waals surface area contributed by atoms with Gasteiger partial charge in [-0.1, -0.05) is 43.7 Å². The minimum absolute atomic E-state index is 0.0526. The molecule has 0 bridgehead atoms. The first-order valence-electron chi connectivity index (χ1n) is 8.56. The molecule has 0 aliphatic carbocycles. The number of nitrogens with zero attached hydrogens (tertiary/aromatic N) is 1. The molecule has 2 amide bonds. The Morgan fingerprint density at radius 3 is 2.57 bits per heavy atom. The van der Waals surface area contributed by atoms with Crippen molar-refractivity contribution < 1.29 is 9.59 Å². The van der Waals surface area contributed by atoms with E-state index in [1.807, 2.05) is 30.0 Å². The molecule has 1 aliphatic heterocycles. The standard InChI is InChI=1S/C19H28N2O2/c1-14(2)13-20-19(23)17-7-9-21(10-8-17)18(22)12-16-6-4-5-15(3)11-16/h4-6,11,14,17H,7-10,12-13H2,1-3H3,(H,20,23). The van der Waals surface area contributed by atoms with E-state index in [2.05, 4.69) is 25.2 Å². The molecule has 4 nitrogen and oxygen atoms in total. The molecule has 0 spiro atoms. The second-order valence-corrected chi connectivity index (χ2v) is 6.96. The molecule has 1 heterocycles. The molecule has 0 unspecified atom stereocenters. The minimum atomic E-state index is 0.0526. The molecule has 1 aliphatic rings. The molecule has 126 valence electrons. The number of hydrogen-bond acceptors (Lipinski definition) is 2. The molecule has 2 rings (SSSR count). The van der Waals surface area contributed by atoms with E-state index in [1.165, 1.54) is 5.56 Å². The maximum Gasteiger partial charge on any atom is 0.226 e. The summed E-state index contributed by atoms with van der Waals surface area (Å²) < 4.78 is 0. The summed E-state index contributed by atoms with van der Waals surface area (Å²) in [6.07, 6.45) is 1.98. The Kier molecular flexibility index (Phi) is 6.20. The van der Waals surface area contributed by atoms with Crippen molar-refractivity contribution in [1.29, 1.82) is 0 Å². The molecule has 1 fully saturated rings. The molecule has 23 heavy (non-hydrogen) atoms. The average molecular weight is 316 g/mol. The summed E-state index contributed by atoms with van der Waals surface area (Å²) in [5.41, 5.74) is 2.24. The normalized spacial score (nSPS) is 15.7. The average Bonchev–Trinajstić information content (AvgIpc) is 2.52. The first-order chi connectivity index (χ1) is 11.0. The summed E-state index contributed by atoms with van der Waals surface area (Å²) in [6.45, 7) is 8.31. The SMILES string of the molecule is Cc1cccc(CC(=O)N2CCC(C(=O)NCC(C)C)CC2)c1. The summed E-state index contributed by atoms with van der Waals surface area (Å²) in [4.78, 5) is 26.4. The fraction of sp³-hybridized carbons (Fsp3) is 0.579. The van der Waals surface area contributed by atoms with E-state index >= 15 is 0 Å². The second kappa shape index (κ2) is 8.14. The molecule has 1 aromatic carbocycles. The largest absolute Gasteiger partial charge is 0.356 e. The molecular weight excluding hydrogens is 288 g/mol. The third-order valence-electron chi connectivity index (χ3n) is 4.34. The van der Waals surface area contributed by atoms with Gasteiger partial charge >= 0.3 is 0 Å². The molecule has 1 aromatic rings. The van der Waals surface area contributed by atoms with Gasteiger partial charge in [-0.05, 0) is 31.2 Å². The summed E-state index contributed by atoms with van der Waals surface area (Å²) in [5, 5.41) is 3.00. The Bertz CT molecular complexity index is 546. The number of hydrogen-bond donors (Lipinski definition) is 1. The Morgan fingerprint density at radius 1 is 1.26 bits per heavy atom. The van der Waals surface area contributed by atoms with Gasteiger partial charge in [0.05, 0.1) is 6.42 Å². The fourth-order valence-corrected chi connectivity index (χ4v) is 2.95. The zero-order valence-corrected chi connectivity index (χ0v) is 14.5. The van der Waals surface area contributed by atoms with Gasteiger partial charge in [0.25, 0.3) is 0 Å². The smallest absolute Gasteiger partial charge is 0.226 e. The molecule has 0 atom stereocenters. The highest BCUT2D eigenvalue weighted by Gasteiger charge is 2.27. The molecular formula is C19H28N2O2. The third-order valence-corrected chi connectivity index (χ3v) is 4.34. The third kappa shape index (κ3) is 5.38. The minimum Gasteiger partial charge on any atom is -0.356 e. The number of benzene rings is 1. The van der Waals surface area contributed by atoms with Crippen LogP contribution in [0.5, 0.6) is 0 Å². The van der Waals surface area contributed by atoms with Crippen LogP contribution in [-0.4, -0.2) is 36.3 Å². The van der Waals surface area contributed by atoms with Crippen molar-refractivity contribution in [2.24, 2.45) is 11.8 Å². The lowest BCUT2D eigenvalue weighted by molar-refractivity contribution is -0.135. The number of likely N-dealkylation sites (tertiary alicyclic amines) is 1. The van der Waals surface area contributed by atoms with Gasteiger partial charge in [-0.25, -0.2) is 0 Å². The van der Waals surface area contributed by atoms with E-state index < -0.39 is 0 Å². The van der Waals surface area contributed by atoms with E-state index in [4.69, 9.17) is 0 Å². The molecule has 1 N–H and O–H groups in total. The zero-order valence-electron chi connectivity index (χ0n) is 14.5. The highest BCUT2D eigenvalue weighted by Crippen LogP contribution is 2.18. The van der Waals surface area contributed by atoms with Crippen LogP contribution in [0.25, 0.3) is 0 Å². The van der Waals surface area contributed by atoms with Gasteiger partial charge in [0.2, 0.25) is 11.8 Å². The van der Waals surface area contributed by atoms with Gasteiger partial charge < -0.3 is 10.2 Å². The summed E-state index contributed by atoms with van der Waals surface area (Å²) >= 11 is 0. The number of rotatable bonds is 5. The van der Waals surface area contributed by atoms with Crippen LogP contribution in [0.1, 0.15) is 37.8 Å². The lowest BCUT2D eigenvalue weighted by Gasteiger charge is -2.31. The van der Waals surface area contributed by atoms with Gasteiger partial charge in [-0.2, -0.15) is 0 Å². The van der Waals surface area contributed by atoms with E-state index in [1.54, 1.807) is 0 Å². The first-order valence-corrected chi connectivity index (χ1v) is 8.56. The number of amides is 2. The maximum absolute atomic E-state index is 12.4. The zero-order chi connectivity index (χ0) is 16.8. The van der Waals surface area contributed by atoms with Crippen LogP contribution in [0.4, 0.5) is 0 Å². The molecule has 4 heteroatoms. The van der Waals surface area contributed by atoms with Gasteiger partial charge in [0, 0.05) is 25.6 Å². The maximum atomic E-state index is 12.4. The lowest BCUT2D eigenvalue weighted by Crippen LogP contribution is -2.44. The summed E-state index contributed by atoms with van der Waals surface area (Å²) in [7, 11) is 0. The van der Waals surface area contributed by atoms with Crippen LogP contribution in [-0.2, 0) is 16.0 Å². The van der Waals surface area contributed by atoms with Gasteiger partial charge in [0.1, 0.15) is 0 Å². The van der Waals surface area contributed by atoms with Crippen LogP contribution in [0.3, 0.4) is 0 Å². The Labute approximate surface area is 139 Å². The van der Waals surface area contributed by atoms with E-state index in [0.717, 1.165) is 24.9 Å². The number of carbonyl (C=O) groups excluding carboxylic acids is 2. The summed E-state index contributed by atoms with van der Waals surface area (Å²) in [6, 6.07) is 8.08. The molecule has 0 aromatic heterocycles. The number of carbonyl (C=O) groups is 2. The van der Waals surface area contributed by atoms with E-state index in [0.29, 0.717) is 25.4 Å². The molecule has 1 saturated heterocycles. The molecule has 0 radical (unpaired) electrons. The van der Waals surface area contributed by atoms with Gasteiger partial charge in [0.15, 0.2) is 0 Å². The second-order valence-electron chi connectivity index (χ2n) is 6.96. The van der Waals surface area contributed by atoms with Crippen LogP contribution in [0, 0.1) is 18.8 Å². The van der Waals surface area contributed by atoms with Crippen LogP contribution >= 0.6 is 0 Å². The van der Waals surface area contributed by atoms with Crippen LogP contribution < -0.4 is 5.32 Å². The fourth-order valence-electron chi connectivity index (χ4n) is 2.95. The van der Waals surface area contributed by atoms with Gasteiger partial charge in [-0.3, -0.25) is 9.59 Å². The van der Waals surface area contributed by atoms with Crippen molar-refractivity contribution in [3.8, 4) is 0 Å². The van der Waals surface area contributed by atoms with E-state index in [9.17, 15) is 9.59 Å². The summed E-state index contributed by atoms with van der Waals surface area (Å²) in [5.74, 6) is 0.827. The quantitative estimate of drug-likeness (QED) is 0.907. The predicted molar refractivity (Wildman–Crippen MR) is 92.0 cm³/mol. The van der Waals surface area contributed by atoms with Gasteiger partial charge in [-0.15, -0.1) is 0 Å². The Morgan fingerprint density at radius 2 is 1.96 bits per heavy atom. The Balaban J connectivity index is 1.79. The monoisotopic (exact) mass is 316 g/mol. The highest BCUT2D eigenvalue weighted by molar-refractivity contribution is 5.81. The van der Waals surface area contributed by atoms with Crippen LogP contribution in [0.15, 0.2) is 24.3 Å². The highest BCUT2D eigenvalue weighted by atomic mass is 16.2. The number of piperidine rings is 1. The Hall–Kier alpha value is -1.84. The van der Waals surface area contributed by atoms with Crippen molar-refractivity contribution in [1.82, 2.24) is 10.2 Å². The van der Waals surface area contributed by atoms with Crippen LogP contribution in [0.2, 0.25) is 0 Å². The number of nitrogens with one attached hydrogen (secondary N) is 1. The topological polar surface area (TPSA) is 49.4 Å². The molecule has 0 saturated carbocycles.